The van der Waals surface area contributed by atoms with Crippen LogP contribution in [0.15, 0.2) is 11.8 Å². The van der Waals surface area contributed by atoms with Crippen LogP contribution >= 0.6 is 0 Å². The van der Waals surface area contributed by atoms with Gasteiger partial charge in [-0.2, -0.15) is 0 Å². The second kappa shape index (κ2) is 3.72. The summed E-state index contributed by atoms with van der Waals surface area (Å²) in [7, 11) is -1.74. The van der Waals surface area contributed by atoms with Gasteiger partial charge in [-0.1, -0.05) is 51.1 Å². The van der Waals surface area contributed by atoms with Gasteiger partial charge < -0.3 is 0 Å². The number of hydrogen-bond donors (Lipinski definition) is 0. The molecule has 0 N–H and O–H groups in total. The predicted molar refractivity (Wildman–Crippen MR) is 60.6 cm³/mol. The minimum Gasteiger partial charge on any atom is -0.0992 e. The molecule has 0 atom stereocenters. The molecule has 0 aliphatic heterocycles. The Morgan fingerprint density at radius 3 is 1.64 bits per heavy atom. The van der Waals surface area contributed by atoms with Crippen molar-refractivity contribution in [3.8, 4) is 0 Å². The van der Waals surface area contributed by atoms with E-state index in [1.54, 1.807) is 0 Å². The van der Waals surface area contributed by atoms with Gasteiger partial charge in [0.2, 0.25) is 0 Å². The quantitative estimate of drug-likeness (QED) is 0.589. The SMILES string of the molecule is C[Si](C)(C)/C=C\C[Si](C)(C)C. The van der Waals surface area contributed by atoms with Gasteiger partial charge in [0.1, 0.15) is 0 Å². The van der Waals surface area contributed by atoms with E-state index in [4.69, 9.17) is 0 Å². The summed E-state index contributed by atoms with van der Waals surface area (Å²) in [5.74, 6) is 0. The predicted octanol–water partition coefficient (Wildman–Crippen LogP) is 3.76. The van der Waals surface area contributed by atoms with E-state index in [9.17, 15) is 0 Å². The normalized spacial score (nSPS) is 14.4. The van der Waals surface area contributed by atoms with Crippen LogP contribution in [-0.2, 0) is 0 Å². The van der Waals surface area contributed by atoms with Crippen molar-refractivity contribution in [2.45, 2.75) is 45.3 Å². The topological polar surface area (TPSA) is 0 Å². The lowest BCUT2D eigenvalue weighted by Crippen LogP contribution is -2.19. The molecule has 0 aliphatic carbocycles. The first-order valence-corrected chi connectivity index (χ1v) is 11.7. The lowest BCUT2D eigenvalue weighted by molar-refractivity contribution is 1.51. The van der Waals surface area contributed by atoms with Crippen LogP contribution in [0.1, 0.15) is 0 Å². The molecule has 0 amide bonds. The van der Waals surface area contributed by atoms with Crippen molar-refractivity contribution in [1.29, 1.82) is 0 Å². The van der Waals surface area contributed by atoms with Gasteiger partial charge in [-0.05, 0) is 6.04 Å². The second-order valence-electron chi connectivity index (χ2n) is 5.53. The Balaban J connectivity index is 3.80. The summed E-state index contributed by atoms with van der Waals surface area (Å²) in [6.45, 7) is 14.4. The Labute approximate surface area is 73.7 Å². The highest BCUT2D eigenvalue weighted by Gasteiger charge is 2.11. The lowest BCUT2D eigenvalue weighted by atomic mass is 10.8. The Bertz CT molecular complexity index is 135. The average molecular weight is 186 g/mol. The van der Waals surface area contributed by atoms with Crippen LogP contribution in [-0.4, -0.2) is 16.1 Å². The monoisotopic (exact) mass is 186 g/mol. The maximum atomic E-state index is 2.46. The third kappa shape index (κ3) is 10.2. The Kier molecular flexibility index (Phi) is 3.78. The van der Waals surface area contributed by atoms with Crippen molar-refractivity contribution in [1.82, 2.24) is 0 Å². The molecule has 0 aromatic rings. The van der Waals surface area contributed by atoms with Crippen LogP contribution in [0.2, 0.25) is 45.3 Å². The third-order valence-corrected chi connectivity index (χ3v) is 4.04. The standard InChI is InChI=1S/C9H22Si2/c1-10(2,3)8-7-9-11(4,5)6/h7-8H,9H2,1-6H3/b8-7-. The summed E-state index contributed by atoms with van der Waals surface area (Å²) in [6, 6.07) is 1.34. The van der Waals surface area contributed by atoms with Crippen molar-refractivity contribution in [2.75, 3.05) is 0 Å². The van der Waals surface area contributed by atoms with Crippen LogP contribution in [0, 0.1) is 0 Å². The van der Waals surface area contributed by atoms with Crippen LogP contribution in [0.5, 0.6) is 0 Å². The van der Waals surface area contributed by atoms with Crippen LogP contribution in [0.3, 0.4) is 0 Å². The summed E-state index contributed by atoms with van der Waals surface area (Å²) >= 11 is 0. The molecule has 0 saturated heterocycles. The molecule has 0 aromatic heterocycles. The Hall–Kier alpha value is 0.174. The molecular weight excluding hydrogens is 164 g/mol. The molecule has 0 nitrogen and oxygen atoms in total. The van der Waals surface area contributed by atoms with E-state index < -0.39 is 16.1 Å². The average Bonchev–Trinajstić information content (AvgIpc) is 1.55. The summed E-state index contributed by atoms with van der Waals surface area (Å²) < 4.78 is 0. The van der Waals surface area contributed by atoms with Crippen molar-refractivity contribution >= 4 is 16.1 Å². The largest absolute Gasteiger partial charge is 0.0992 e. The number of rotatable bonds is 3. The van der Waals surface area contributed by atoms with E-state index in [0.717, 1.165) is 0 Å². The van der Waals surface area contributed by atoms with Crippen LogP contribution in [0.25, 0.3) is 0 Å². The van der Waals surface area contributed by atoms with Gasteiger partial charge in [-0.15, -0.1) is 0 Å². The van der Waals surface area contributed by atoms with E-state index in [1.165, 1.54) is 6.04 Å². The molecule has 0 unspecified atom stereocenters. The van der Waals surface area contributed by atoms with E-state index in [1.807, 2.05) is 0 Å². The van der Waals surface area contributed by atoms with E-state index in [-0.39, 0.29) is 0 Å². The van der Waals surface area contributed by atoms with Gasteiger partial charge in [0.15, 0.2) is 0 Å². The molecule has 0 bridgehead atoms. The Morgan fingerprint density at radius 2 is 1.36 bits per heavy atom. The van der Waals surface area contributed by atoms with Gasteiger partial charge in [-0.3, -0.25) is 0 Å². The fourth-order valence-corrected chi connectivity index (χ4v) is 2.65. The molecule has 0 rings (SSSR count). The van der Waals surface area contributed by atoms with Gasteiger partial charge in [0.25, 0.3) is 0 Å². The zero-order chi connectivity index (χ0) is 9.12. The highest BCUT2D eigenvalue weighted by atomic mass is 28.3. The van der Waals surface area contributed by atoms with Gasteiger partial charge in [0, 0.05) is 8.07 Å². The van der Waals surface area contributed by atoms with Crippen molar-refractivity contribution in [2.24, 2.45) is 0 Å². The molecule has 0 aliphatic rings. The molecule has 0 saturated carbocycles. The first kappa shape index (κ1) is 11.2. The summed E-state index contributed by atoms with van der Waals surface area (Å²) in [5.41, 5.74) is 2.46. The molecule has 0 fully saturated rings. The maximum Gasteiger partial charge on any atom is 0.0682 e. The van der Waals surface area contributed by atoms with Gasteiger partial charge in [0.05, 0.1) is 8.07 Å². The van der Waals surface area contributed by atoms with Gasteiger partial charge in [-0.25, -0.2) is 0 Å². The molecule has 0 radical (unpaired) electrons. The van der Waals surface area contributed by atoms with Crippen LogP contribution in [0.4, 0.5) is 0 Å². The zero-order valence-electron chi connectivity index (χ0n) is 8.86. The second-order valence-corrected chi connectivity index (χ2v) is 16.1. The minimum atomic E-state index is -0.915. The zero-order valence-corrected chi connectivity index (χ0v) is 10.9. The third-order valence-electron chi connectivity index (χ3n) is 1.35. The smallest absolute Gasteiger partial charge is 0.0682 e. The Morgan fingerprint density at radius 1 is 0.909 bits per heavy atom. The van der Waals surface area contributed by atoms with E-state index in [0.29, 0.717) is 0 Å². The first-order chi connectivity index (χ1) is 4.71. The fraction of sp³-hybridized carbons (Fsp3) is 0.778. The molecule has 0 spiro atoms. The van der Waals surface area contributed by atoms with Crippen molar-refractivity contribution in [3.63, 3.8) is 0 Å². The molecule has 11 heavy (non-hydrogen) atoms. The molecule has 0 aromatic carbocycles. The summed E-state index contributed by atoms with van der Waals surface area (Å²) in [5, 5.41) is 0. The molecule has 0 heterocycles. The van der Waals surface area contributed by atoms with E-state index >= 15 is 0 Å². The number of hydrogen-bond acceptors (Lipinski definition) is 0. The van der Waals surface area contributed by atoms with Gasteiger partial charge >= 0.3 is 0 Å². The lowest BCUT2D eigenvalue weighted by Gasteiger charge is -2.14. The highest BCUT2D eigenvalue weighted by molar-refractivity contribution is 6.81. The summed E-state index contributed by atoms with van der Waals surface area (Å²) in [4.78, 5) is 0. The number of allylic oxidation sites excluding steroid dienone is 1. The fourth-order valence-electron chi connectivity index (χ4n) is 0.766. The van der Waals surface area contributed by atoms with Crippen LogP contribution < -0.4 is 0 Å². The summed E-state index contributed by atoms with van der Waals surface area (Å²) in [6.07, 6.45) is 2.42. The molecular formula is C9H22Si2. The maximum absolute atomic E-state index is 2.46. The molecule has 66 valence electrons. The highest BCUT2D eigenvalue weighted by Crippen LogP contribution is 2.10. The van der Waals surface area contributed by atoms with Crippen molar-refractivity contribution in [3.05, 3.63) is 11.8 Å². The minimum absolute atomic E-state index is 0.822. The molecule has 2 heteroatoms. The van der Waals surface area contributed by atoms with E-state index in [2.05, 4.69) is 51.1 Å². The first-order valence-electron chi connectivity index (χ1n) is 4.38. The van der Waals surface area contributed by atoms with Crippen molar-refractivity contribution < 1.29 is 0 Å².